The Bertz CT molecular complexity index is 1070. The van der Waals surface area contributed by atoms with Crippen LogP contribution in [0.3, 0.4) is 0 Å². The zero-order valence-corrected chi connectivity index (χ0v) is 19.4. The lowest BCUT2D eigenvalue weighted by Crippen LogP contribution is -2.29. The van der Waals surface area contributed by atoms with Crippen molar-refractivity contribution in [1.29, 1.82) is 0 Å². The van der Waals surface area contributed by atoms with Gasteiger partial charge in [0.05, 0.1) is 29.9 Å². The molecule has 4 rings (SSSR count). The predicted molar refractivity (Wildman–Crippen MR) is 127 cm³/mol. The second-order valence-electron chi connectivity index (χ2n) is 8.38. The molecule has 0 spiro atoms. The molecule has 1 aliphatic rings. The molecule has 8 nitrogen and oxygen atoms in total. The van der Waals surface area contributed by atoms with Crippen molar-refractivity contribution in [3.8, 4) is 17.0 Å². The number of aromatic nitrogens is 3. The van der Waals surface area contributed by atoms with Crippen LogP contribution in [0.15, 0.2) is 30.5 Å². The van der Waals surface area contributed by atoms with Gasteiger partial charge in [0.2, 0.25) is 0 Å². The second kappa shape index (κ2) is 10.0. The number of halogens is 1. The summed E-state index contributed by atoms with van der Waals surface area (Å²) in [5.74, 6) is 0.584. The average Bonchev–Trinajstić information content (AvgIpc) is 3.42. The van der Waals surface area contributed by atoms with Crippen molar-refractivity contribution in [2.24, 2.45) is 0 Å². The van der Waals surface area contributed by atoms with Gasteiger partial charge < -0.3 is 25.2 Å². The van der Waals surface area contributed by atoms with Gasteiger partial charge in [-0.3, -0.25) is 0 Å². The number of fused-ring (bicyclic) bond motifs is 1. The molecule has 172 valence electrons. The molecular weight excluding hydrogens is 430 g/mol. The maximum Gasteiger partial charge on any atom is 0.160 e. The minimum atomic E-state index is -0.610. The average molecular weight is 460 g/mol. The molecule has 3 aromatic rings. The van der Waals surface area contributed by atoms with Gasteiger partial charge in [0.15, 0.2) is 5.65 Å². The highest BCUT2D eigenvalue weighted by molar-refractivity contribution is 6.31. The largest absolute Gasteiger partial charge is 0.491 e. The Hall–Kier alpha value is -2.39. The van der Waals surface area contributed by atoms with Gasteiger partial charge in [-0.2, -0.15) is 5.10 Å². The Morgan fingerprint density at radius 3 is 2.88 bits per heavy atom. The van der Waals surface area contributed by atoms with E-state index >= 15 is 0 Å². The van der Waals surface area contributed by atoms with E-state index in [0.717, 1.165) is 41.0 Å². The molecular formula is C23H30ClN5O3. The quantitative estimate of drug-likeness (QED) is 0.451. The van der Waals surface area contributed by atoms with Crippen LogP contribution < -0.4 is 15.4 Å². The summed E-state index contributed by atoms with van der Waals surface area (Å²) in [5, 5.41) is 22.6. The van der Waals surface area contributed by atoms with Crippen LogP contribution in [0.5, 0.6) is 5.75 Å². The fourth-order valence-corrected chi connectivity index (χ4v) is 4.04. The molecule has 2 unspecified atom stereocenters. The maximum absolute atomic E-state index is 9.95. The molecule has 9 heteroatoms. The second-order valence-corrected chi connectivity index (χ2v) is 8.81. The van der Waals surface area contributed by atoms with Gasteiger partial charge in [0, 0.05) is 35.5 Å². The number of hydrogen-bond donors (Lipinski definition) is 3. The van der Waals surface area contributed by atoms with Crippen molar-refractivity contribution in [3.05, 3.63) is 35.5 Å². The van der Waals surface area contributed by atoms with E-state index in [1.165, 1.54) is 0 Å². The predicted octanol–water partition coefficient (Wildman–Crippen LogP) is 3.49. The maximum atomic E-state index is 9.95. The number of nitrogens with zero attached hydrogens (tertiary/aromatic N) is 3. The molecule has 3 N–H and O–H groups in total. The number of benzene rings is 1. The molecule has 0 radical (unpaired) electrons. The van der Waals surface area contributed by atoms with Gasteiger partial charge in [-0.25, -0.2) is 9.67 Å². The van der Waals surface area contributed by atoms with E-state index in [1.807, 2.05) is 29.1 Å². The summed E-state index contributed by atoms with van der Waals surface area (Å²) in [5.41, 5.74) is 3.38. The zero-order chi connectivity index (χ0) is 22.7. The first-order valence-electron chi connectivity index (χ1n) is 10.9. The van der Waals surface area contributed by atoms with E-state index in [2.05, 4.69) is 29.6 Å². The number of anilines is 1. The summed E-state index contributed by atoms with van der Waals surface area (Å²) >= 11 is 6.40. The first kappa shape index (κ1) is 22.8. The van der Waals surface area contributed by atoms with Gasteiger partial charge in [0.1, 0.15) is 18.5 Å². The number of pyridine rings is 1. The first-order valence-corrected chi connectivity index (χ1v) is 11.3. The topological polar surface area (TPSA) is 93.5 Å². The third-order valence-corrected chi connectivity index (χ3v) is 5.61. The third kappa shape index (κ3) is 5.15. The van der Waals surface area contributed by atoms with E-state index in [4.69, 9.17) is 26.1 Å². The fourth-order valence-electron chi connectivity index (χ4n) is 3.81. The van der Waals surface area contributed by atoms with E-state index in [1.54, 1.807) is 13.1 Å². The Kier molecular flexibility index (Phi) is 7.15. The monoisotopic (exact) mass is 459 g/mol. The normalized spacial score (nSPS) is 17.2. The minimum absolute atomic E-state index is 0.168. The van der Waals surface area contributed by atoms with Crippen LogP contribution in [0.1, 0.15) is 26.3 Å². The molecule has 32 heavy (non-hydrogen) atoms. The minimum Gasteiger partial charge on any atom is -0.491 e. The van der Waals surface area contributed by atoms with Crippen molar-refractivity contribution >= 4 is 28.3 Å². The highest BCUT2D eigenvalue weighted by Crippen LogP contribution is 2.33. The third-order valence-electron chi connectivity index (χ3n) is 5.39. The van der Waals surface area contributed by atoms with Crippen molar-refractivity contribution < 1.29 is 14.6 Å². The number of nitrogens with one attached hydrogen (secondary N) is 2. The number of ether oxygens (including phenoxy) is 2. The standard InChI is InChI=1S/C23H30ClN5O3/c1-14(2)29-23-20(11-26-29)22(27-17-4-5-31-12-17)9-21(28-23)15-6-16(24)8-19(7-15)32-13-18(30)10-25-3/h6-9,11,14,17-18,25,30H,4-5,10,12-13H2,1-3H3,(H,27,28). The van der Waals surface area contributed by atoms with E-state index in [0.29, 0.717) is 23.9 Å². The van der Waals surface area contributed by atoms with Crippen molar-refractivity contribution in [2.45, 2.75) is 38.5 Å². The Balaban J connectivity index is 1.72. The van der Waals surface area contributed by atoms with Crippen LogP contribution in [0.2, 0.25) is 5.02 Å². The number of aliphatic hydroxyl groups is 1. The van der Waals surface area contributed by atoms with Crippen LogP contribution in [-0.2, 0) is 4.74 Å². The van der Waals surface area contributed by atoms with Crippen molar-refractivity contribution in [2.75, 3.05) is 38.7 Å². The van der Waals surface area contributed by atoms with Gasteiger partial charge in [-0.15, -0.1) is 0 Å². The van der Waals surface area contributed by atoms with Crippen LogP contribution in [0.4, 0.5) is 5.69 Å². The fraction of sp³-hybridized carbons (Fsp3) is 0.478. The van der Waals surface area contributed by atoms with Crippen molar-refractivity contribution in [1.82, 2.24) is 20.1 Å². The summed E-state index contributed by atoms with van der Waals surface area (Å²) in [6.07, 6.45) is 2.21. The van der Waals surface area contributed by atoms with Gasteiger partial charge in [-0.05, 0) is 51.6 Å². The first-order chi connectivity index (χ1) is 15.4. The SMILES string of the molecule is CNCC(O)COc1cc(Cl)cc(-c2cc(NC3CCOC3)c3cnn(C(C)C)c3n2)c1. The molecule has 0 saturated carbocycles. The smallest absolute Gasteiger partial charge is 0.160 e. The molecule has 0 amide bonds. The van der Waals surface area contributed by atoms with E-state index in [9.17, 15) is 5.11 Å². The Labute approximate surface area is 192 Å². The van der Waals surface area contributed by atoms with Crippen LogP contribution in [-0.4, -0.2) is 65.4 Å². The van der Waals surface area contributed by atoms with Gasteiger partial charge in [0.25, 0.3) is 0 Å². The Morgan fingerprint density at radius 2 is 2.16 bits per heavy atom. The molecule has 1 fully saturated rings. The summed E-state index contributed by atoms with van der Waals surface area (Å²) in [6.45, 7) is 6.23. The molecule has 0 bridgehead atoms. The van der Waals surface area contributed by atoms with E-state index < -0.39 is 6.10 Å². The van der Waals surface area contributed by atoms with Gasteiger partial charge in [-0.1, -0.05) is 11.6 Å². The Morgan fingerprint density at radius 1 is 1.31 bits per heavy atom. The number of rotatable bonds is 9. The molecule has 2 aromatic heterocycles. The number of aliphatic hydroxyl groups excluding tert-OH is 1. The molecule has 1 aliphatic heterocycles. The zero-order valence-electron chi connectivity index (χ0n) is 18.6. The summed E-state index contributed by atoms with van der Waals surface area (Å²) in [7, 11) is 1.79. The number of likely N-dealkylation sites (N-methyl/N-ethyl adjacent to an activating group) is 1. The highest BCUT2D eigenvalue weighted by Gasteiger charge is 2.20. The lowest BCUT2D eigenvalue weighted by molar-refractivity contribution is 0.108. The van der Waals surface area contributed by atoms with Crippen LogP contribution in [0, 0.1) is 0 Å². The summed E-state index contributed by atoms with van der Waals surface area (Å²) < 4.78 is 13.2. The van der Waals surface area contributed by atoms with Crippen molar-refractivity contribution in [3.63, 3.8) is 0 Å². The lowest BCUT2D eigenvalue weighted by atomic mass is 10.1. The highest BCUT2D eigenvalue weighted by atomic mass is 35.5. The molecule has 2 atom stereocenters. The molecule has 1 saturated heterocycles. The summed E-state index contributed by atoms with van der Waals surface area (Å²) in [4.78, 5) is 4.92. The van der Waals surface area contributed by atoms with E-state index in [-0.39, 0.29) is 18.7 Å². The molecule has 0 aliphatic carbocycles. The molecule has 1 aromatic carbocycles. The van der Waals surface area contributed by atoms with Crippen LogP contribution >= 0.6 is 11.6 Å². The van der Waals surface area contributed by atoms with Crippen LogP contribution in [0.25, 0.3) is 22.3 Å². The van der Waals surface area contributed by atoms with Gasteiger partial charge >= 0.3 is 0 Å². The molecule has 3 heterocycles. The lowest BCUT2D eigenvalue weighted by Gasteiger charge is -2.16. The summed E-state index contributed by atoms with van der Waals surface area (Å²) in [6, 6.07) is 7.95. The number of hydrogen-bond acceptors (Lipinski definition) is 7.